The molecule has 0 aliphatic carbocycles. The van der Waals surface area contributed by atoms with Crippen molar-refractivity contribution in [2.75, 3.05) is 0 Å². The quantitative estimate of drug-likeness (QED) is 0.205. The summed E-state index contributed by atoms with van der Waals surface area (Å²) >= 11 is -1.42. The molecule has 0 aliphatic rings. The van der Waals surface area contributed by atoms with Gasteiger partial charge in [-0.15, -0.1) is 34.4 Å². The smallest absolute Gasteiger partial charge is 0.0768 e. The Morgan fingerprint density at radius 1 is 0.767 bits per heavy atom. The van der Waals surface area contributed by atoms with Crippen molar-refractivity contribution >= 4 is 24.8 Å². The number of furan rings is 2. The van der Waals surface area contributed by atoms with Crippen LogP contribution in [0.4, 0.5) is 0 Å². The standard InChI is InChI=1S/2C11H11O.C2H6Si.2ClH.Ti/c2*1-8-6-9(2)10(7-8)11-4-3-5-12-11;1-3-2;;;/h2*3-7H,1-2H3;1-2H3;2*1H;/q2*-1;;;;+2/p-2. The molecule has 6 heteroatoms. The summed E-state index contributed by atoms with van der Waals surface area (Å²) < 4.78 is 10.6. The Hall–Kier alpha value is -1.23. The van der Waals surface area contributed by atoms with Gasteiger partial charge < -0.3 is 8.83 Å². The summed E-state index contributed by atoms with van der Waals surface area (Å²) in [5.74, 6) is 1.92. The molecule has 0 atom stereocenters. The molecule has 160 valence electrons. The third kappa shape index (κ3) is 7.47. The zero-order valence-corrected chi connectivity index (χ0v) is 22.4. The van der Waals surface area contributed by atoms with Crippen LogP contribution in [0.1, 0.15) is 22.3 Å². The van der Waals surface area contributed by atoms with Crippen molar-refractivity contribution in [1.29, 1.82) is 0 Å². The van der Waals surface area contributed by atoms with E-state index in [2.05, 4.69) is 65.1 Å². The Morgan fingerprint density at radius 3 is 1.33 bits per heavy atom. The maximum atomic E-state index is 5.59. The van der Waals surface area contributed by atoms with Crippen LogP contribution in [0.25, 0.3) is 22.6 Å². The van der Waals surface area contributed by atoms with Crippen LogP contribution < -0.4 is 0 Å². The molecule has 0 aliphatic heterocycles. The molecular formula is C24H28Cl2O2SiTi-2. The molecule has 2 aromatic carbocycles. The minimum absolute atomic E-state index is 0.254. The SMILES string of the molecule is C[Si](C)=[Ti]([Cl])[Cl].Cc1cc(C)c(-c2ccco2)[cH-]1.Cc1cc(C)c(-c2ccco2)[cH-]1. The van der Waals surface area contributed by atoms with Crippen molar-refractivity contribution in [3.8, 4) is 22.6 Å². The van der Waals surface area contributed by atoms with Crippen molar-refractivity contribution in [2.24, 2.45) is 0 Å². The van der Waals surface area contributed by atoms with Crippen LogP contribution in [-0.2, 0) is 14.5 Å². The van der Waals surface area contributed by atoms with Crippen LogP contribution in [0.15, 0.2) is 69.9 Å². The summed E-state index contributed by atoms with van der Waals surface area (Å²) in [6.45, 7) is 12.7. The van der Waals surface area contributed by atoms with Crippen LogP contribution in [-0.4, -0.2) is 6.19 Å². The van der Waals surface area contributed by atoms with Gasteiger partial charge in [-0.25, -0.2) is 0 Å². The van der Waals surface area contributed by atoms with Crippen LogP contribution in [0.3, 0.4) is 0 Å². The first-order valence-corrected chi connectivity index (χ1v) is 18.9. The molecule has 30 heavy (non-hydrogen) atoms. The summed E-state index contributed by atoms with van der Waals surface area (Å²) in [5, 5.41) is 0. The summed E-state index contributed by atoms with van der Waals surface area (Å²) in [6, 6.07) is 16.4. The van der Waals surface area contributed by atoms with Gasteiger partial charge >= 0.3 is 52.4 Å². The topological polar surface area (TPSA) is 26.3 Å². The summed E-state index contributed by atoms with van der Waals surface area (Å²) in [4.78, 5) is 0. The molecule has 2 heterocycles. The predicted molar refractivity (Wildman–Crippen MR) is 128 cm³/mol. The maximum absolute atomic E-state index is 5.59. The van der Waals surface area contributed by atoms with E-state index in [4.69, 9.17) is 27.4 Å². The van der Waals surface area contributed by atoms with Gasteiger partial charge in [-0.05, 0) is 12.1 Å². The molecule has 0 amide bonds. The van der Waals surface area contributed by atoms with Gasteiger partial charge in [-0.1, -0.05) is 39.8 Å². The zero-order chi connectivity index (χ0) is 22.3. The minimum atomic E-state index is -1.42. The fourth-order valence-electron chi connectivity index (χ4n) is 3.00. The van der Waals surface area contributed by atoms with Crippen LogP contribution in [0, 0.1) is 27.7 Å². The van der Waals surface area contributed by atoms with Gasteiger partial charge in [-0.2, -0.15) is 23.3 Å². The summed E-state index contributed by atoms with van der Waals surface area (Å²) in [7, 11) is 11.2. The number of aryl methyl sites for hydroxylation is 4. The fourth-order valence-corrected chi connectivity index (χ4v) is 3.00. The molecular weight excluding hydrogens is 467 g/mol. The summed E-state index contributed by atoms with van der Waals surface area (Å²) in [5.41, 5.74) is 7.55. The average Bonchev–Trinajstić information content (AvgIpc) is 3.45. The second kappa shape index (κ2) is 12.0. The van der Waals surface area contributed by atoms with E-state index in [1.54, 1.807) is 12.5 Å². The molecule has 0 unspecified atom stereocenters. The Bertz CT molecular complexity index is 977. The third-order valence-corrected chi connectivity index (χ3v) is 18.1. The Labute approximate surface area is 193 Å². The first-order chi connectivity index (χ1) is 14.2. The monoisotopic (exact) mass is 494 g/mol. The third-order valence-electron chi connectivity index (χ3n) is 4.43. The van der Waals surface area contributed by atoms with E-state index in [1.807, 2.05) is 24.3 Å². The second-order valence-corrected chi connectivity index (χ2v) is 23.6. The molecule has 0 radical (unpaired) electrons. The molecule has 2 aromatic heterocycles. The number of hydrogen-bond donors (Lipinski definition) is 0. The first-order valence-electron chi connectivity index (χ1n) is 9.73. The van der Waals surface area contributed by atoms with E-state index in [1.165, 1.54) is 33.4 Å². The molecule has 0 bridgehead atoms. The van der Waals surface area contributed by atoms with Crippen molar-refractivity contribution < 1.29 is 23.3 Å². The van der Waals surface area contributed by atoms with Gasteiger partial charge in [0, 0.05) is 11.5 Å². The molecule has 0 spiro atoms. The van der Waals surface area contributed by atoms with Crippen LogP contribution in [0.5, 0.6) is 0 Å². The van der Waals surface area contributed by atoms with Crippen molar-refractivity contribution in [3.05, 3.63) is 83.3 Å². The van der Waals surface area contributed by atoms with E-state index >= 15 is 0 Å². The van der Waals surface area contributed by atoms with Gasteiger partial charge in [0.05, 0.1) is 12.5 Å². The Kier molecular flexibility index (Phi) is 9.99. The van der Waals surface area contributed by atoms with E-state index in [9.17, 15) is 0 Å². The van der Waals surface area contributed by atoms with E-state index in [-0.39, 0.29) is 6.19 Å². The van der Waals surface area contributed by atoms with Crippen molar-refractivity contribution in [3.63, 3.8) is 0 Å². The van der Waals surface area contributed by atoms with Gasteiger partial charge in [0.1, 0.15) is 0 Å². The van der Waals surface area contributed by atoms with Gasteiger partial charge in [0.15, 0.2) is 0 Å². The van der Waals surface area contributed by atoms with E-state index in [0.717, 1.165) is 11.5 Å². The molecule has 4 rings (SSSR count). The van der Waals surface area contributed by atoms with Crippen LogP contribution in [0.2, 0.25) is 13.1 Å². The average molecular weight is 495 g/mol. The van der Waals surface area contributed by atoms with E-state index < -0.39 is 14.5 Å². The molecule has 2 nitrogen and oxygen atoms in total. The predicted octanol–water partition coefficient (Wildman–Crippen LogP) is 8.73. The zero-order valence-electron chi connectivity index (χ0n) is 18.3. The minimum Gasteiger partial charge on any atom is -0.508 e. The molecule has 0 fully saturated rings. The molecule has 0 N–H and O–H groups in total. The Morgan fingerprint density at radius 2 is 1.13 bits per heavy atom. The maximum Gasteiger partial charge on any atom is 0.0768 e. The first kappa shape index (κ1) is 25.0. The van der Waals surface area contributed by atoms with Crippen molar-refractivity contribution in [2.45, 2.75) is 40.8 Å². The fraction of sp³-hybridized carbons (Fsp3) is 0.250. The van der Waals surface area contributed by atoms with Crippen LogP contribution >= 0.6 is 18.6 Å². The van der Waals surface area contributed by atoms with Crippen molar-refractivity contribution in [1.82, 2.24) is 0 Å². The normalized spacial score (nSPS) is 10.0. The second-order valence-electron chi connectivity index (χ2n) is 7.47. The Balaban J connectivity index is 0.000000171. The number of rotatable bonds is 2. The molecule has 0 saturated heterocycles. The summed E-state index contributed by atoms with van der Waals surface area (Å²) in [6.07, 6.45) is 3.16. The van der Waals surface area contributed by atoms with E-state index in [0.29, 0.717) is 0 Å². The van der Waals surface area contributed by atoms with Gasteiger partial charge in [0.2, 0.25) is 0 Å². The molecule has 0 saturated carbocycles. The largest absolute Gasteiger partial charge is 0.508 e. The van der Waals surface area contributed by atoms with Gasteiger partial charge in [-0.3, -0.25) is 0 Å². The number of hydrogen-bond acceptors (Lipinski definition) is 2. The number of halogens is 2. The molecule has 4 aromatic rings. The van der Waals surface area contributed by atoms with Gasteiger partial charge in [0.25, 0.3) is 0 Å².